The summed E-state index contributed by atoms with van der Waals surface area (Å²) in [6.07, 6.45) is 7.20. The van der Waals surface area contributed by atoms with Gasteiger partial charge in [-0.25, -0.2) is 4.98 Å². The van der Waals surface area contributed by atoms with Crippen molar-refractivity contribution in [3.8, 4) is 22.9 Å². The van der Waals surface area contributed by atoms with E-state index in [1.165, 1.54) is 13.2 Å². The van der Waals surface area contributed by atoms with E-state index in [0.29, 0.717) is 12.4 Å². The Morgan fingerprint density at radius 3 is 2.62 bits per heavy atom. The second kappa shape index (κ2) is 10.5. The Labute approximate surface area is 198 Å². The highest BCUT2D eigenvalue weighted by Crippen LogP contribution is 2.26. The van der Waals surface area contributed by atoms with E-state index in [-0.39, 0.29) is 18.0 Å². The van der Waals surface area contributed by atoms with Gasteiger partial charge in [-0.15, -0.1) is 0 Å². The molecule has 4 aromatic rings. The number of ether oxygens (including phenoxy) is 2. The quantitative estimate of drug-likeness (QED) is 0.348. The minimum absolute atomic E-state index is 0.0341. The average Bonchev–Trinajstić information content (AvgIpc) is 3.29. The molecule has 0 aliphatic rings. The molecule has 0 amide bonds. The molecule has 6 nitrogen and oxygen atoms in total. The van der Waals surface area contributed by atoms with Crippen LogP contribution in [0.1, 0.15) is 22.4 Å². The maximum Gasteiger partial charge on any atom is 0.160 e. The maximum atomic E-state index is 12.6. The van der Waals surface area contributed by atoms with E-state index in [2.05, 4.69) is 4.98 Å². The second-order valence-corrected chi connectivity index (χ2v) is 7.88. The summed E-state index contributed by atoms with van der Waals surface area (Å²) in [7, 11) is 1.49. The van der Waals surface area contributed by atoms with Gasteiger partial charge < -0.3 is 19.1 Å². The molecule has 0 saturated heterocycles. The third-order valence-corrected chi connectivity index (χ3v) is 5.37. The highest BCUT2D eigenvalue weighted by molar-refractivity contribution is 5.95. The monoisotopic (exact) mass is 454 g/mol. The predicted octanol–water partition coefficient (Wildman–Crippen LogP) is 5.30. The number of carbonyl (C=O) groups is 1. The summed E-state index contributed by atoms with van der Waals surface area (Å²) in [4.78, 5) is 16.9. The summed E-state index contributed by atoms with van der Waals surface area (Å²) in [5.74, 6) is 1.12. The first kappa shape index (κ1) is 22.9. The number of rotatable bonds is 9. The van der Waals surface area contributed by atoms with Crippen LogP contribution in [-0.2, 0) is 17.8 Å². The van der Waals surface area contributed by atoms with Crippen LogP contribution in [0.4, 0.5) is 0 Å². The van der Waals surface area contributed by atoms with Crippen LogP contribution in [0.5, 0.6) is 17.2 Å². The molecule has 0 radical (unpaired) electrons. The van der Waals surface area contributed by atoms with Gasteiger partial charge in [0.2, 0.25) is 0 Å². The first-order valence-electron chi connectivity index (χ1n) is 10.9. The number of ketones is 1. The Morgan fingerprint density at radius 1 is 1.06 bits per heavy atom. The number of allylic oxidation sites excluding steroid dienone is 1. The molecule has 172 valence electrons. The summed E-state index contributed by atoms with van der Waals surface area (Å²) in [5.41, 5.74) is 4.50. The standard InChI is InChI=1S/C28H26N2O4/c1-20-17-30(19-29-20)24-8-5-9-26(16-24)34-18-23-7-4-3-6-22(23)15-25(31)12-10-21-11-13-28(33-2)27(32)14-21/h3-14,16-17,19,32H,15,18H2,1-2H3/b12-10+. The Morgan fingerprint density at radius 2 is 1.88 bits per heavy atom. The molecule has 0 unspecified atom stereocenters. The number of aromatic hydroxyl groups is 1. The summed E-state index contributed by atoms with van der Waals surface area (Å²) in [6, 6.07) is 20.6. The summed E-state index contributed by atoms with van der Waals surface area (Å²) >= 11 is 0. The van der Waals surface area contributed by atoms with Crippen molar-refractivity contribution in [1.29, 1.82) is 0 Å². The Balaban J connectivity index is 1.41. The highest BCUT2D eigenvalue weighted by Gasteiger charge is 2.08. The maximum absolute atomic E-state index is 12.6. The van der Waals surface area contributed by atoms with E-state index in [1.807, 2.05) is 66.2 Å². The number of aryl methyl sites for hydroxylation is 1. The van der Waals surface area contributed by atoms with E-state index < -0.39 is 0 Å². The molecule has 1 aromatic heterocycles. The van der Waals surface area contributed by atoms with Crippen molar-refractivity contribution in [2.45, 2.75) is 20.0 Å². The number of aromatic nitrogens is 2. The third kappa shape index (κ3) is 5.72. The first-order valence-corrected chi connectivity index (χ1v) is 10.9. The molecule has 0 saturated carbocycles. The average molecular weight is 455 g/mol. The van der Waals surface area contributed by atoms with Crippen molar-refractivity contribution in [1.82, 2.24) is 9.55 Å². The molecule has 0 atom stereocenters. The number of carbonyl (C=O) groups excluding carboxylic acids is 1. The van der Waals surface area contributed by atoms with Crippen LogP contribution in [0, 0.1) is 6.92 Å². The minimum atomic E-state index is -0.0415. The second-order valence-electron chi connectivity index (χ2n) is 7.88. The van der Waals surface area contributed by atoms with E-state index in [1.54, 1.807) is 30.6 Å². The first-order chi connectivity index (χ1) is 16.5. The van der Waals surface area contributed by atoms with Gasteiger partial charge in [-0.3, -0.25) is 4.79 Å². The lowest BCUT2D eigenvalue weighted by molar-refractivity contribution is -0.113. The number of imidazole rings is 1. The Hall–Kier alpha value is -4.32. The van der Waals surface area contributed by atoms with Gasteiger partial charge in [0, 0.05) is 18.7 Å². The van der Waals surface area contributed by atoms with Gasteiger partial charge in [0.15, 0.2) is 17.3 Å². The van der Waals surface area contributed by atoms with Gasteiger partial charge in [0.25, 0.3) is 0 Å². The molecule has 34 heavy (non-hydrogen) atoms. The summed E-state index contributed by atoms with van der Waals surface area (Å²) in [6.45, 7) is 2.30. The summed E-state index contributed by atoms with van der Waals surface area (Å²) < 4.78 is 13.0. The van der Waals surface area contributed by atoms with Crippen LogP contribution in [0.15, 0.2) is 85.3 Å². The van der Waals surface area contributed by atoms with Crippen molar-refractivity contribution in [2.24, 2.45) is 0 Å². The fraction of sp³-hybridized carbons (Fsp3) is 0.143. The molecule has 1 heterocycles. The number of methoxy groups -OCH3 is 1. The zero-order valence-electron chi connectivity index (χ0n) is 19.1. The molecular weight excluding hydrogens is 428 g/mol. The number of phenols is 1. The lowest BCUT2D eigenvalue weighted by Gasteiger charge is -2.11. The van der Waals surface area contributed by atoms with Crippen molar-refractivity contribution in [3.63, 3.8) is 0 Å². The van der Waals surface area contributed by atoms with E-state index in [0.717, 1.165) is 33.8 Å². The molecule has 0 fully saturated rings. The van der Waals surface area contributed by atoms with E-state index >= 15 is 0 Å². The van der Waals surface area contributed by atoms with Crippen molar-refractivity contribution >= 4 is 11.9 Å². The Kier molecular flexibility index (Phi) is 7.08. The zero-order valence-corrected chi connectivity index (χ0v) is 19.1. The van der Waals surface area contributed by atoms with Crippen LogP contribution in [0.2, 0.25) is 0 Å². The molecule has 6 heteroatoms. The molecule has 0 spiro atoms. The fourth-order valence-corrected chi connectivity index (χ4v) is 3.57. The fourth-order valence-electron chi connectivity index (χ4n) is 3.57. The number of benzene rings is 3. The van der Waals surface area contributed by atoms with Gasteiger partial charge in [-0.1, -0.05) is 42.5 Å². The molecule has 0 bridgehead atoms. The lowest BCUT2D eigenvalue weighted by Crippen LogP contribution is -2.05. The third-order valence-electron chi connectivity index (χ3n) is 5.37. The van der Waals surface area contributed by atoms with E-state index in [9.17, 15) is 9.90 Å². The Bertz CT molecular complexity index is 1320. The van der Waals surface area contributed by atoms with Crippen molar-refractivity contribution < 1.29 is 19.4 Å². The lowest BCUT2D eigenvalue weighted by atomic mass is 10.0. The molecule has 0 aliphatic heterocycles. The molecular formula is C28H26N2O4. The molecule has 4 rings (SSSR count). The number of hydrogen-bond donors (Lipinski definition) is 1. The van der Waals surface area contributed by atoms with Crippen LogP contribution in [0.3, 0.4) is 0 Å². The van der Waals surface area contributed by atoms with Crippen LogP contribution < -0.4 is 9.47 Å². The van der Waals surface area contributed by atoms with Gasteiger partial charge in [-0.05, 0) is 54.0 Å². The molecule has 1 N–H and O–H groups in total. The number of nitrogens with zero attached hydrogens (tertiary/aromatic N) is 2. The van der Waals surface area contributed by atoms with E-state index in [4.69, 9.17) is 9.47 Å². The van der Waals surface area contributed by atoms with Gasteiger partial charge >= 0.3 is 0 Å². The van der Waals surface area contributed by atoms with Crippen LogP contribution in [-0.4, -0.2) is 27.6 Å². The van der Waals surface area contributed by atoms with Gasteiger partial charge in [-0.2, -0.15) is 0 Å². The van der Waals surface area contributed by atoms with Crippen molar-refractivity contribution in [2.75, 3.05) is 7.11 Å². The number of phenolic OH excluding ortho intramolecular Hbond substituents is 1. The van der Waals surface area contributed by atoms with Crippen LogP contribution in [0.25, 0.3) is 11.8 Å². The summed E-state index contributed by atoms with van der Waals surface area (Å²) in [5, 5.41) is 9.90. The minimum Gasteiger partial charge on any atom is -0.504 e. The zero-order chi connectivity index (χ0) is 23.9. The highest BCUT2D eigenvalue weighted by atomic mass is 16.5. The normalized spacial score (nSPS) is 11.0. The largest absolute Gasteiger partial charge is 0.504 e. The smallest absolute Gasteiger partial charge is 0.160 e. The molecule has 0 aliphatic carbocycles. The molecule has 3 aromatic carbocycles. The van der Waals surface area contributed by atoms with Crippen molar-refractivity contribution in [3.05, 3.63) is 108 Å². The predicted molar refractivity (Wildman–Crippen MR) is 131 cm³/mol. The van der Waals surface area contributed by atoms with Crippen LogP contribution >= 0.6 is 0 Å². The van der Waals surface area contributed by atoms with Gasteiger partial charge in [0.05, 0.1) is 24.8 Å². The topological polar surface area (TPSA) is 73.6 Å². The number of hydrogen-bond acceptors (Lipinski definition) is 5. The SMILES string of the molecule is COc1ccc(/C=C/C(=O)Cc2ccccc2COc2cccc(-n3cnc(C)c3)c2)cc1O. The van der Waals surface area contributed by atoms with Gasteiger partial charge in [0.1, 0.15) is 12.4 Å².